The Labute approximate surface area is 103 Å². The molecule has 0 saturated carbocycles. The molecule has 0 aliphatic carbocycles. The molecule has 1 aromatic carbocycles. The zero-order valence-corrected chi connectivity index (χ0v) is 10.4. The summed E-state index contributed by atoms with van der Waals surface area (Å²) in [4.78, 5) is 4.44. The van der Waals surface area contributed by atoms with Crippen molar-refractivity contribution in [3.05, 3.63) is 28.0 Å². The van der Waals surface area contributed by atoms with Gasteiger partial charge in [0, 0.05) is 19.3 Å². The summed E-state index contributed by atoms with van der Waals surface area (Å²) < 4.78 is 1.99. The van der Waals surface area contributed by atoms with Crippen molar-refractivity contribution < 1.29 is 0 Å². The molecule has 2 nitrogen and oxygen atoms in total. The number of fused-ring (bicyclic) bond motifs is 1. The van der Waals surface area contributed by atoms with Gasteiger partial charge in [0.25, 0.3) is 0 Å². The van der Waals surface area contributed by atoms with Gasteiger partial charge in [0.15, 0.2) is 0 Å². The van der Waals surface area contributed by atoms with Crippen molar-refractivity contribution in [3.8, 4) is 0 Å². The van der Waals surface area contributed by atoms with Gasteiger partial charge in [-0.15, -0.1) is 11.6 Å². The zero-order valence-electron chi connectivity index (χ0n) is 8.10. The molecule has 0 aliphatic heterocycles. The Kier molecular flexibility index (Phi) is 3.10. The van der Waals surface area contributed by atoms with Gasteiger partial charge in [-0.1, -0.05) is 23.2 Å². The van der Waals surface area contributed by atoms with Crippen molar-refractivity contribution in [1.82, 2.24) is 9.55 Å². The molecule has 0 radical (unpaired) electrons. The predicted molar refractivity (Wildman–Crippen MR) is 65.2 cm³/mol. The average molecular weight is 264 g/mol. The van der Waals surface area contributed by atoms with Crippen LogP contribution in [0.5, 0.6) is 0 Å². The van der Waals surface area contributed by atoms with E-state index in [0.717, 1.165) is 23.3 Å². The first-order valence-corrected chi connectivity index (χ1v) is 5.79. The molecule has 1 aromatic heterocycles. The van der Waals surface area contributed by atoms with E-state index in [2.05, 4.69) is 4.98 Å². The minimum Gasteiger partial charge on any atom is -0.331 e. The molecule has 0 fully saturated rings. The van der Waals surface area contributed by atoms with Crippen LogP contribution >= 0.6 is 34.8 Å². The molecule has 15 heavy (non-hydrogen) atoms. The summed E-state index contributed by atoms with van der Waals surface area (Å²) >= 11 is 17.6. The number of aryl methyl sites for hydroxylation is 2. The number of hydrogen-bond acceptors (Lipinski definition) is 1. The average Bonchev–Trinajstić information content (AvgIpc) is 2.47. The monoisotopic (exact) mass is 262 g/mol. The van der Waals surface area contributed by atoms with Crippen LogP contribution in [0.1, 0.15) is 5.82 Å². The van der Waals surface area contributed by atoms with Crippen molar-refractivity contribution in [1.29, 1.82) is 0 Å². The highest BCUT2D eigenvalue weighted by molar-refractivity contribution is 6.42. The quantitative estimate of drug-likeness (QED) is 0.756. The normalized spacial score (nSPS) is 11.2. The van der Waals surface area contributed by atoms with Crippen LogP contribution in [-0.2, 0) is 13.5 Å². The van der Waals surface area contributed by atoms with Crippen LogP contribution in [0, 0.1) is 0 Å². The SMILES string of the molecule is Cn1c(CCCl)nc2cc(Cl)c(Cl)cc21. The van der Waals surface area contributed by atoms with Crippen molar-refractivity contribution in [2.75, 3.05) is 5.88 Å². The van der Waals surface area contributed by atoms with E-state index in [1.165, 1.54) is 0 Å². The van der Waals surface area contributed by atoms with Gasteiger partial charge in [0.2, 0.25) is 0 Å². The number of alkyl halides is 1. The highest BCUT2D eigenvalue weighted by Crippen LogP contribution is 2.27. The highest BCUT2D eigenvalue weighted by Gasteiger charge is 2.09. The van der Waals surface area contributed by atoms with E-state index in [1.807, 2.05) is 17.7 Å². The minimum absolute atomic E-state index is 0.527. The minimum atomic E-state index is 0.527. The lowest BCUT2D eigenvalue weighted by atomic mass is 10.3. The number of halogens is 3. The fourth-order valence-corrected chi connectivity index (χ4v) is 2.03. The number of hydrogen-bond donors (Lipinski definition) is 0. The van der Waals surface area contributed by atoms with Crippen LogP contribution in [0.3, 0.4) is 0 Å². The van der Waals surface area contributed by atoms with Gasteiger partial charge >= 0.3 is 0 Å². The number of imidazole rings is 1. The van der Waals surface area contributed by atoms with Crippen molar-refractivity contribution >= 4 is 45.8 Å². The summed E-state index contributed by atoms with van der Waals surface area (Å²) in [5, 5.41) is 1.07. The summed E-state index contributed by atoms with van der Waals surface area (Å²) in [6.45, 7) is 0. The van der Waals surface area contributed by atoms with Crippen LogP contribution in [0.4, 0.5) is 0 Å². The van der Waals surface area contributed by atoms with E-state index in [4.69, 9.17) is 34.8 Å². The number of nitrogens with zero attached hydrogens (tertiary/aromatic N) is 2. The third-order valence-electron chi connectivity index (χ3n) is 2.33. The molecule has 0 saturated heterocycles. The van der Waals surface area contributed by atoms with E-state index < -0.39 is 0 Å². The third-order valence-corrected chi connectivity index (χ3v) is 3.24. The third kappa shape index (κ3) is 1.94. The van der Waals surface area contributed by atoms with Crippen LogP contribution in [-0.4, -0.2) is 15.4 Å². The molecule has 1 heterocycles. The molecule has 0 N–H and O–H groups in total. The highest BCUT2D eigenvalue weighted by atomic mass is 35.5. The molecule has 0 amide bonds. The lowest BCUT2D eigenvalue weighted by Crippen LogP contribution is -1.98. The number of aromatic nitrogens is 2. The zero-order chi connectivity index (χ0) is 11.0. The van der Waals surface area contributed by atoms with Crippen LogP contribution in [0.25, 0.3) is 11.0 Å². The molecule has 0 unspecified atom stereocenters. The summed E-state index contributed by atoms with van der Waals surface area (Å²) in [7, 11) is 1.95. The van der Waals surface area contributed by atoms with Gasteiger partial charge in [0.1, 0.15) is 5.82 Å². The first-order chi connectivity index (χ1) is 7.13. The lowest BCUT2D eigenvalue weighted by molar-refractivity contribution is 0.831. The first kappa shape index (κ1) is 11.1. The molecule has 80 valence electrons. The second-order valence-corrected chi connectivity index (χ2v) is 4.47. The van der Waals surface area contributed by atoms with Gasteiger partial charge in [0.05, 0.1) is 21.1 Å². The molecule has 0 atom stereocenters. The Morgan fingerprint density at radius 2 is 1.93 bits per heavy atom. The maximum atomic E-state index is 5.95. The van der Waals surface area contributed by atoms with Gasteiger partial charge < -0.3 is 4.57 Å². The van der Waals surface area contributed by atoms with E-state index in [9.17, 15) is 0 Å². The summed E-state index contributed by atoms with van der Waals surface area (Å²) in [5.74, 6) is 1.50. The van der Waals surface area contributed by atoms with Crippen LogP contribution in [0.2, 0.25) is 10.0 Å². The second-order valence-electron chi connectivity index (χ2n) is 3.28. The standard InChI is InChI=1S/C10H9Cl3N2/c1-15-9-5-7(13)6(12)4-8(9)14-10(15)2-3-11/h4-5H,2-3H2,1H3. The van der Waals surface area contributed by atoms with Crippen LogP contribution < -0.4 is 0 Å². The maximum Gasteiger partial charge on any atom is 0.110 e. The van der Waals surface area contributed by atoms with E-state index in [-0.39, 0.29) is 0 Å². The maximum absolute atomic E-state index is 5.95. The van der Waals surface area contributed by atoms with Gasteiger partial charge in [-0.05, 0) is 12.1 Å². The van der Waals surface area contributed by atoms with E-state index in [0.29, 0.717) is 15.9 Å². The Hall–Kier alpha value is -0.440. The first-order valence-electron chi connectivity index (χ1n) is 4.50. The van der Waals surface area contributed by atoms with Crippen molar-refractivity contribution in [2.24, 2.45) is 7.05 Å². The predicted octanol–water partition coefficient (Wildman–Crippen LogP) is 3.66. The Bertz CT molecular complexity index is 505. The molecule has 2 aromatic rings. The van der Waals surface area contributed by atoms with Gasteiger partial charge in [-0.25, -0.2) is 4.98 Å². The topological polar surface area (TPSA) is 17.8 Å². The molecule has 5 heteroatoms. The van der Waals surface area contributed by atoms with Gasteiger partial charge in [-0.3, -0.25) is 0 Å². The Morgan fingerprint density at radius 3 is 2.60 bits per heavy atom. The molecule has 0 aliphatic rings. The Balaban J connectivity index is 2.66. The lowest BCUT2D eigenvalue weighted by Gasteiger charge is -2.00. The summed E-state index contributed by atoms with van der Waals surface area (Å²) in [5.41, 5.74) is 1.83. The van der Waals surface area contributed by atoms with Gasteiger partial charge in [-0.2, -0.15) is 0 Å². The molecule has 2 rings (SSSR count). The molecular weight excluding hydrogens is 254 g/mol. The number of rotatable bonds is 2. The fraction of sp³-hybridized carbons (Fsp3) is 0.300. The van der Waals surface area contributed by atoms with E-state index in [1.54, 1.807) is 6.07 Å². The smallest absolute Gasteiger partial charge is 0.110 e. The molecular formula is C10H9Cl3N2. The second kappa shape index (κ2) is 4.20. The van der Waals surface area contributed by atoms with Crippen LogP contribution in [0.15, 0.2) is 12.1 Å². The largest absolute Gasteiger partial charge is 0.331 e. The fourth-order valence-electron chi connectivity index (χ4n) is 1.55. The molecule has 0 bridgehead atoms. The number of benzene rings is 1. The summed E-state index contributed by atoms with van der Waals surface area (Å²) in [6, 6.07) is 3.60. The summed E-state index contributed by atoms with van der Waals surface area (Å²) in [6.07, 6.45) is 0.738. The Morgan fingerprint density at radius 1 is 1.27 bits per heavy atom. The van der Waals surface area contributed by atoms with Crippen molar-refractivity contribution in [3.63, 3.8) is 0 Å². The van der Waals surface area contributed by atoms with Crippen molar-refractivity contribution in [2.45, 2.75) is 6.42 Å². The van der Waals surface area contributed by atoms with E-state index >= 15 is 0 Å². The molecule has 0 spiro atoms.